The maximum atomic E-state index is 6.29. The summed E-state index contributed by atoms with van der Waals surface area (Å²) in [6, 6.07) is 8.30. The standard InChI is InChI=1S/C15H17BrClNO/c1-3-18-15(12-6-10(2)19-9-12)7-11-4-5-13(16)8-14(11)17/h4-6,8-9,15,18H,3,7H2,1-2H3. The minimum absolute atomic E-state index is 0.223. The second-order valence-electron chi connectivity index (χ2n) is 4.54. The molecule has 1 aromatic heterocycles. The highest BCUT2D eigenvalue weighted by Crippen LogP contribution is 2.27. The lowest BCUT2D eigenvalue weighted by molar-refractivity contribution is 0.511. The molecular weight excluding hydrogens is 326 g/mol. The lowest BCUT2D eigenvalue weighted by atomic mass is 10.0. The van der Waals surface area contributed by atoms with E-state index in [1.807, 2.05) is 25.3 Å². The quantitative estimate of drug-likeness (QED) is 0.836. The Morgan fingerprint density at radius 3 is 2.74 bits per heavy atom. The summed E-state index contributed by atoms with van der Waals surface area (Å²) in [4.78, 5) is 0. The number of hydrogen-bond donors (Lipinski definition) is 1. The summed E-state index contributed by atoms with van der Waals surface area (Å²) >= 11 is 9.71. The SMILES string of the molecule is CCNC(Cc1ccc(Br)cc1Cl)c1coc(C)c1. The third kappa shape index (κ3) is 3.85. The lowest BCUT2D eigenvalue weighted by Crippen LogP contribution is -2.22. The second-order valence-corrected chi connectivity index (χ2v) is 5.86. The maximum Gasteiger partial charge on any atom is 0.101 e. The fraction of sp³-hybridized carbons (Fsp3) is 0.333. The molecule has 0 spiro atoms. The number of likely N-dealkylation sites (N-methyl/N-ethyl adjacent to an activating group) is 1. The van der Waals surface area contributed by atoms with Gasteiger partial charge in [-0.2, -0.15) is 0 Å². The van der Waals surface area contributed by atoms with Crippen molar-refractivity contribution in [1.82, 2.24) is 5.32 Å². The highest BCUT2D eigenvalue weighted by Gasteiger charge is 2.15. The first-order valence-electron chi connectivity index (χ1n) is 6.32. The van der Waals surface area contributed by atoms with E-state index >= 15 is 0 Å². The molecule has 0 radical (unpaired) electrons. The van der Waals surface area contributed by atoms with E-state index in [0.717, 1.165) is 33.8 Å². The van der Waals surface area contributed by atoms with E-state index in [4.69, 9.17) is 16.0 Å². The monoisotopic (exact) mass is 341 g/mol. The van der Waals surface area contributed by atoms with Crippen LogP contribution in [0.1, 0.15) is 29.9 Å². The molecule has 0 aliphatic heterocycles. The van der Waals surface area contributed by atoms with E-state index in [1.54, 1.807) is 0 Å². The molecule has 2 aromatic rings. The molecule has 0 amide bonds. The summed E-state index contributed by atoms with van der Waals surface area (Å²) in [5, 5.41) is 4.26. The van der Waals surface area contributed by atoms with Gasteiger partial charge in [-0.15, -0.1) is 0 Å². The topological polar surface area (TPSA) is 25.2 Å². The van der Waals surface area contributed by atoms with E-state index in [2.05, 4.69) is 40.3 Å². The molecule has 0 saturated carbocycles. The van der Waals surface area contributed by atoms with Gasteiger partial charge in [0.15, 0.2) is 0 Å². The number of rotatable bonds is 5. The van der Waals surface area contributed by atoms with Crippen molar-refractivity contribution in [1.29, 1.82) is 0 Å². The van der Waals surface area contributed by atoms with Crippen LogP contribution < -0.4 is 5.32 Å². The van der Waals surface area contributed by atoms with Gasteiger partial charge in [0.05, 0.1) is 6.26 Å². The molecule has 0 saturated heterocycles. The van der Waals surface area contributed by atoms with Gasteiger partial charge >= 0.3 is 0 Å². The Balaban J connectivity index is 2.21. The van der Waals surface area contributed by atoms with Gasteiger partial charge in [-0.3, -0.25) is 0 Å². The first-order valence-corrected chi connectivity index (χ1v) is 7.49. The smallest absolute Gasteiger partial charge is 0.101 e. The Morgan fingerprint density at radius 1 is 1.37 bits per heavy atom. The van der Waals surface area contributed by atoms with Crippen LogP contribution in [0.4, 0.5) is 0 Å². The molecule has 0 bridgehead atoms. The third-order valence-corrected chi connectivity index (χ3v) is 3.89. The van der Waals surface area contributed by atoms with Crippen LogP contribution in [0.15, 0.2) is 39.4 Å². The predicted molar refractivity (Wildman–Crippen MR) is 82.7 cm³/mol. The number of aryl methyl sites for hydroxylation is 1. The van der Waals surface area contributed by atoms with Gasteiger partial charge in [0.25, 0.3) is 0 Å². The summed E-state index contributed by atoms with van der Waals surface area (Å²) in [5.41, 5.74) is 2.30. The van der Waals surface area contributed by atoms with E-state index in [1.165, 1.54) is 5.56 Å². The molecule has 102 valence electrons. The highest BCUT2D eigenvalue weighted by molar-refractivity contribution is 9.10. The molecule has 19 heavy (non-hydrogen) atoms. The average molecular weight is 343 g/mol. The van der Waals surface area contributed by atoms with Crippen molar-refractivity contribution in [2.45, 2.75) is 26.3 Å². The van der Waals surface area contributed by atoms with E-state index < -0.39 is 0 Å². The second kappa shape index (κ2) is 6.60. The Morgan fingerprint density at radius 2 is 2.16 bits per heavy atom. The summed E-state index contributed by atoms with van der Waals surface area (Å²) in [6.45, 7) is 4.96. The molecule has 1 unspecified atom stereocenters. The molecule has 0 aliphatic carbocycles. The number of hydrogen-bond acceptors (Lipinski definition) is 2. The maximum absolute atomic E-state index is 6.29. The van der Waals surface area contributed by atoms with E-state index in [-0.39, 0.29) is 6.04 Å². The highest BCUT2D eigenvalue weighted by atomic mass is 79.9. The van der Waals surface area contributed by atoms with Gasteiger partial charge in [-0.05, 0) is 43.7 Å². The van der Waals surface area contributed by atoms with Crippen molar-refractivity contribution in [2.75, 3.05) is 6.54 Å². The number of furan rings is 1. The molecule has 1 N–H and O–H groups in total. The minimum Gasteiger partial charge on any atom is -0.469 e. The van der Waals surface area contributed by atoms with Gasteiger partial charge < -0.3 is 9.73 Å². The Labute approximate surface area is 127 Å². The summed E-state index contributed by atoms with van der Waals surface area (Å²) in [5.74, 6) is 0.930. The van der Waals surface area contributed by atoms with Crippen molar-refractivity contribution in [3.8, 4) is 0 Å². The van der Waals surface area contributed by atoms with Gasteiger partial charge in [-0.1, -0.05) is 40.5 Å². The van der Waals surface area contributed by atoms with Gasteiger partial charge in [-0.25, -0.2) is 0 Å². The van der Waals surface area contributed by atoms with Crippen LogP contribution in [0, 0.1) is 6.92 Å². The Hall–Kier alpha value is -0.770. The van der Waals surface area contributed by atoms with Crippen molar-refractivity contribution in [3.63, 3.8) is 0 Å². The summed E-state index contributed by atoms with van der Waals surface area (Å²) < 4.78 is 6.40. The first kappa shape index (κ1) is 14.6. The number of nitrogens with one attached hydrogen (secondary N) is 1. The molecule has 2 nitrogen and oxygen atoms in total. The fourth-order valence-electron chi connectivity index (χ4n) is 2.11. The van der Waals surface area contributed by atoms with Crippen LogP contribution in [-0.4, -0.2) is 6.54 Å². The van der Waals surface area contributed by atoms with Crippen LogP contribution in [0.3, 0.4) is 0 Å². The Kier molecular flexibility index (Phi) is 5.08. The van der Waals surface area contributed by atoms with Gasteiger partial charge in [0.1, 0.15) is 5.76 Å². The number of benzene rings is 1. The lowest BCUT2D eigenvalue weighted by Gasteiger charge is -2.17. The van der Waals surface area contributed by atoms with Crippen LogP contribution in [0.25, 0.3) is 0 Å². The van der Waals surface area contributed by atoms with E-state index in [9.17, 15) is 0 Å². The van der Waals surface area contributed by atoms with Crippen molar-refractivity contribution < 1.29 is 4.42 Å². The van der Waals surface area contributed by atoms with Crippen LogP contribution in [-0.2, 0) is 6.42 Å². The first-order chi connectivity index (χ1) is 9.10. The Bertz CT molecular complexity index is 553. The van der Waals surface area contributed by atoms with Gasteiger partial charge in [0.2, 0.25) is 0 Å². The minimum atomic E-state index is 0.223. The zero-order valence-corrected chi connectivity index (χ0v) is 13.4. The summed E-state index contributed by atoms with van der Waals surface area (Å²) in [6.07, 6.45) is 2.66. The molecule has 1 atom stereocenters. The molecule has 4 heteroatoms. The van der Waals surface area contributed by atoms with Gasteiger partial charge in [0, 0.05) is 21.1 Å². The summed E-state index contributed by atoms with van der Waals surface area (Å²) in [7, 11) is 0. The normalized spacial score (nSPS) is 12.6. The average Bonchev–Trinajstić information content (AvgIpc) is 2.78. The number of halogens is 2. The molecule has 2 rings (SSSR count). The molecule has 1 aromatic carbocycles. The van der Waals surface area contributed by atoms with Crippen molar-refractivity contribution in [3.05, 3.63) is 56.9 Å². The molecule has 0 fully saturated rings. The molecule has 0 aliphatic rings. The fourth-order valence-corrected chi connectivity index (χ4v) is 2.86. The third-order valence-electron chi connectivity index (χ3n) is 3.04. The molecular formula is C15H17BrClNO. The van der Waals surface area contributed by atoms with Crippen LogP contribution in [0.2, 0.25) is 5.02 Å². The van der Waals surface area contributed by atoms with Crippen molar-refractivity contribution in [2.24, 2.45) is 0 Å². The van der Waals surface area contributed by atoms with Crippen LogP contribution in [0.5, 0.6) is 0 Å². The zero-order chi connectivity index (χ0) is 13.8. The largest absolute Gasteiger partial charge is 0.469 e. The zero-order valence-electron chi connectivity index (χ0n) is 11.0. The predicted octanol–water partition coefficient (Wildman–Crippen LogP) is 4.90. The van der Waals surface area contributed by atoms with Crippen molar-refractivity contribution >= 4 is 27.5 Å². The van der Waals surface area contributed by atoms with E-state index in [0.29, 0.717) is 0 Å². The van der Waals surface area contributed by atoms with Crippen LogP contribution >= 0.6 is 27.5 Å². The molecule has 1 heterocycles.